The summed E-state index contributed by atoms with van der Waals surface area (Å²) in [7, 11) is 0. The number of fused-ring (bicyclic) bond motifs is 2. The molecule has 0 radical (unpaired) electrons. The molecule has 0 aliphatic carbocycles. The molecule has 0 saturated carbocycles. The van der Waals surface area contributed by atoms with E-state index in [9.17, 15) is 0 Å². The molecule has 3 aromatic heterocycles. The maximum absolute atomic E-state index is 2.43. The molecule has 6 rings (SSSR count). The van der Waals surface area contributed by atoms with Crippen LogP contribution < -0.4 is 0 Å². The minimum absolute atomic E-state index is 1.23. The zero-order valence-corrected chi connectivity index (χ0v) is 17.2. The average Bonchev–Trinajstić information content (AvgIpc) is 3.51. The third-order valence-corrected chi connectivity index (χ3v) is 7.37. The van der Waals surface area contributed by atoms with Gasteiger partial charge in [-0.15, -0.1) is 22.7 Å². The molecule has 3 aromatic carbocycles. The van der Waals surface area contributed by atoms with Gasteiger partial charge in [-0.3, -0.25) is 0 Å². The highest BCUT2D eigenvalue weighted by Crippen LogP contribution is 2.40. The Hall–Kier alpha value is -3.14. The van der Waals surface area contributed by atoms with Gasteiger partial charge in [0.05, 0.1) is 26.8 Å². The van der Waals surface area contributed by atoms with E-state index in [0.29, 0.717) is 0 Å². The quantitative estimate of drug-likeness (QED) is 0.278. The summed E-state index contributed by atoms with van der Waals surface area (Å²) in [4.78, 5) is 2.58. The van der Waals surface area contributed by atoms with Gasteiger partial charge in [0.15, 0.2) is 0 Å². The van der Waals surface area contributed by atoms with Crippen LogP contribution in [0.2, 0.25) is 0 Å². The SMILES string of the molecule is c1csc(-c2ccc(-c3cc4ccccc4s3)n2-c2cccc3ccccc23)c1. The van der Waals surface area contributed by atoms with Gasteiger partial charge in [-0.2, -0.15) is 0 Å². The van der Waals surface area contributed by atoms with Crippen molar-refractivity contribution in [3.63, 3.8) is 0 Å². The number of rotatable bonds is 3. The molecule has 0 fully saturated rings. The predicted molar refractivity (Wildman–Crippen MR) is 127 cm³/mol. The van der Waals surface area contributed by atoms with Gasteiger partial charge in [0.2, 0.25) is 0 Å². The molecule has 0 spiro atoms. The van der Waals surface area contributed by atoms with Gasteiger partial charge in [-0.1, -0.05) is 60.7 Å². The Morgan fingerprint density at radius 2 is 1.34 bits per heavy atom. The van der Waals surface area contributed by atoms with E-state index in [1.54, 1.807) is 11.3 Å². The minimum Gasteiger partial charge on any atom is -0.307 e. The van der Waals surface area contributed by atoms with Gasteiger partial charge in [0.25, 0.3) is 0 Å². The van der Waals surface area contributed by atoms with Gasteiger partial charge < -0.3 is 4.57 Å². The molecule has 0 unspecified atom stereocenters. The number of hydrogen-bond donors (Lipinski definition) is 0. The Bertz CT molecular complexity index is 1410. The van der Waals surface area contributed by atoms with Crippen LogP contribution in [0.5, 0.6) is 0 Å². The largest absolute Gasteiger partial charge is 0.307 e. The summed E-state index contributed by atoms with van der Waals surface area (Å²) in [6.45, 7) is 0. The Morgan fingerprint density at radius 1 is 0.586 bits per heavy atom. The molecular formula is C26H17NS2. The first kappa shape index (κ1) is 16.8. The highest BCUT2D eigenvalue weighted by Gasteiger charge is 2.17. The monoisotopic (exact) mass is 407 g/mol. The van der Waals surface area contributed by atoms with Crippen molar-refractivity contribution < 1.29 is 0 Å². The van der Waals surface area contributed by atoms with Crippen molar-refractivity contribution in [1.82, 2.24) is 4.57 Å². The van der Waals surface area contributed by atoms with Gasteiger partial charge in [-0.25, -0.2) is 0 Å². The molecule has 3 heteroatoms. The van der Waals surface area contributed by atoms with Crippen molar-refractivity contribution in [2.75, 3.05) is 0 Å². The van der Waals surface area contributed by atoms with Gasteiger partial charge in [0.1, 0.15) is 0 Å². The number of aromatic nitrogens is 1. The van der Waals surface area contributed by atoms with Gasteiger partial charge >= 0.3 is 0 Å². The van der Waals surface area contributed by atoms with E-state index in [-0.39, 0.29) is 0 Å². The van der Waals surface area contributed by atoms with Crippen molar-refractivity contribution in [3.05, 3.63) is 102 Å². The predicted octanol–water partition coefficient (Wildman–Crippen LogP) is 8.24. The summed E-state index contributed by atoms with van der Waals surface area (Å²) in [5.74, 6) is 0. The molecular weight excluding hydrogens is 390 g/mol. The fraction of sp³-hybridized carbons (Fsp3) is 0. The van der Waals surface area contributed by atoms with E-state index in [1.807, 2.05) is 11.3 Å². The van der Waals surface area contributed by atoms with E-state index in [1.165, 1.54) is 47.7 Å². The summed E-state index contributed by atoms with van der Waals surface area (Å²) in [5.41, 5.74) is 3.71. The molecule has 0 aliphatic heterocycles. The maximum atomic E-state index is 2.43. The first-order valence-electron chi connectivity index (χ1n) is 9.61. The Balaban J connectivity index is 1.68. The van der Waals surface area contributed by atoms with Crippen LogP contribution in [0.1, 0.15) is 0 Å². The van der Waals surface area contributed by atoms with Crippen LogP contribution in [0.15, 0.2) is 102 Å². The van der Waals surface area contributed by atoms with Gasteiger partial charge in [0, 0.05) is 10.1 Å². The lowest BCUT2D eigenvalue weighted by atomic mass is 10.1. The van der Waals surface area contributed by atoms with Crippen LogP contribution in [0, 0.1) is 0 Å². The van der Waals surface area contributed by atoms with E-state index in [4.69, 9.17) is 0 Å². The second-order valence-electron chi connectivity index (χ2n) is 7.06. The molecule has 0 saturated heterocycles. The van der Waals surface area contributed by atoms with Crippen molar-refractivity contribution in [3.8, 4) is 26.8 Å². The Labute approximate surface area is 177 Å². The lowest BCUT2D eigenvalue weighted by molar-refractivity contribution is 1.12. The minimum atomic E-state index is 1.23. The molecule has 0 aliphatic rings. The third kappa shape index (κ3) is 2.74. The summed E-state index contributed by atoms with van der Waals surface area (Å²) in [5, 5.41) is 5.98. The third-order valence-electron chi connectivity index (χ3n) is 5.34. The second-order valence-corrected chi connectivity index (χ2v) is 9.09. The maximum Gasteiger partial charge on any atom is 0.0635 e. The highest BCUT2D eigenvalue weighted by atomic mass is 32.1. The van der Waals surface area contributed by atoms with E-state index < -0.39 is 0 Å². The lowest BCUT2D eigenvalue weighted by Crippen LogP contribution is -1.99. The molecule has 29 heavy (non-hydrogen) atoms. The molecule has 138 valence electrons. The molecule has 0 bridgehead atoms. The first-order chi connectivity index (χ1) is 14.4. The van der Waals surface area contributed by atoms with Crippen LogP contribution in [-0.2, 0) is 0 Å². The second kappa shape index (κ2) is 6.73. The van der Waals surface area contributed by atoms with E-state index in [0.717, 1.165) is 0 Å². The summed E-state index contributed by atoms with van der Waals surface area (Å²) in [6, 6.07) is 35.0. The molecule has 1 nitrogen and oxygen atoms in total. The summed E-state index contributed by atoms with van der Waals surface area (Å²) >= 11 is 3.64. The fourth-order valence-corrected chi connectivity index (χ4v) is 5.84. The van der Waals surface area contributed by atoms with Crippen LogP contribution in [0.25, 0.3) is 47.7 Å². The fourth-order valence-electron chi connectivity index (χ4n) is 4.02. The van der Waals surface area contributed by atoms with Crippen molar-refractivity contribution in [2.24, 2.45) is 0 Å². The Kier molecular flexibility index (Phi) is 3.89. The molecule has 6 aromatic rings. The normalized spacial score (nSPS) is 11.4. The topological polar surface area (TPSA) is 4.93 Å². The molecule has 0 N–H and O–H groups in total. The number of hydrogen-bond acceptors (Lipinski definition) is 2. The summed E-state index contributed by atoms with van der Waals surface area (Å²) < 4.78 is 3.75. The van der Waals surface area contributed by atoms with Crippen LogP contribution in [0.3, 0.4) is 0 Å². The highest BCUT2D eigenvalue weighted by molar-refractivity contribution is 7.22. The number of benzene rings is 3. The van der Waals surface area contributed by atoms with Crippen LogP contribution in [-0.4, -0.2) is 4.57 Å². The van der Waals surface area contributed by atoms with Crippen molar-refractivity contribution in [2.45, 2.75) is 0 Å². The lowest BCUT2D eigenvalue weighted by Gasteiger charge is -2.15. The van der Waals surface area contributed by atoms with E-state index in [2.05, 4.69) is 107 Å². The van der Waals surface area contributed by atoms with E-state index >= 15 is 0 Å². The Morgan fingerprint density at radius 3 is 2.17 bits per heavy atom. The molecule has 3 heterocycles. The first-order valence-corrected chi connectivity index (χ1v) is 11.3. The zero-order chi connectivity index (χ0) is 19.2. The summed E-state index contributed by atoms with van der Waals surface area (Å²) in [6.07, 6.45) is 0. The molecule has 0 atom stereocenters. The van der Waals surface area contributed by atoms with Crippen molar-refractivity contribution in [1.29, 1.82) is 0 Å². The molecule has 0 amide bonds. The smallest absolute Gasteiger partial charge is 0.0635 e. The van der Waals surface area contributed by atoms with Crippen LogP contribution >= 0.6 is 22.7 Å². The number of thiophene rings is 2. The zero-order valence-electron chi connectivity index (χ0n) is 15.6. The average molecular weight is 408 g/mol. The van der Waals surface area contributed by atoms with Crippen molar-refractivity contribution >= 4 is 43.5 Å². The van der Waals surface area contributed by atoms with Crippen LogP contribution in [0.4, 0.5) is 0 Å². The number of nitrogens with zero attached hydrogens (tertiary/aromatic N) is 1. The van der Waals surface area contributed by atoms with Gasteiger partial charge in [-0.05, 0) is 52.6 Å². The standard InChI is InChI=1S/C26H17NS2/c1-3-10-20-18(7-1)9-5-11-21(20)27-22(25-13-6-16-28-25)14-15-23(27)26-17-19-8-2-4-12-24(19)29-26/h1-17H.